The number of hydrogen-bond donors (Lipinski definition) is 3. The molecule has 1 aromatic heterocycles. The molecular weight excluding hydrogens is 441 g/mol. The molecule has 0 aliphatic heterocycles. The summed E-state index contributed by atoms with van der Waals surface area (Å²) in [4.78, 5) is -0.167. The normalized spacial score (nSPS) is 12.0. The van der Waals surface area contributed by atoms with Crippen LogP contribution in [0.4, 0.5) is 15.8 Å². The molecule has 0 amide bonds. The van der Waals surface area contributed by atoms with E-state index in [4.69, 9.17) is 29.0 Å². The van der Waals surface area contributed by atoms with Crippen molar-refractivity contribution in [2.75, 3.05) is 5.32 Å². The molecule has 3 aromatic rings. The number of nitrogens with one attached hydrogen (secondary N) is 1. The van der Waals surface area contributed by atoms with Gasteiger partial charge in [-0.1, -0.05) is 23.7 Å². The number of primary sulfonamides is 1. The maximum Gasteiger partial charge on any atom is 0.240 e. The van der Waals surface area contributed by atoms with Gasteiger partial charge in [-0.25, -0.2) is 17.9 Å². The monoisotopic (exact) mass is 455 g/mol. The lowest BCUT2D eigenvalue weighted by Gasteiger charge is -2.08. The highest BCUT2D eigenvalue weighted by atomic mass is 35.5. The van der Waals surface area contributed by atoms with E-state index >= 15 is 0 Å². The topological polar surface area (TPSA) is 122 Å². The number of benzene rings is 2. The summed E-state index contributed by atoms with van der Waals surface area (Å²) in [7, 11) is -3.98. The summed E-state index contributed by atoms with van der Waals surface area (Å²) in [5, 5.41) is 26.0. The van der Waals surface area contributed by atoms with Crippen molar-refractivity contribution in [3.63, 3.8) is 0 Å². The molecule has 2 aromatic carbocycles. The van der Waals surface area contributed by atoms with E-state index in [-0.39, 0.29) is 32.3 Å². The average Bonchev–Trinajstić information content (AvgIpc) is 2.90. The van der Waals surface area contributed by atoms with Gasteiger partial charge < -0.3 is 15.0 Å². The van der Waals surface area contributed by atoms with E-state index in [0.717, 1.165) is 6.07 Å². The van der Waals surface area contributed by atoms with Crippen LogP contribution in [0.15, 0.2) is 51.5 Å². The first-order valence-electron chi connectivity index (χ1n) is 8.18. The molecule has 4 N–H and O–H groups in total. The molecule has 0 radical (unpaired) electrons. The minimum atomic E-state index is -3.98. The number of fused-ring (bicyclic) bond motifs is 1. The SMILES string of the molecule is CCn1c(O)c(N=NC(=S)Nc2ccccc2S(N)(=O)=O)c2cc(F)c(Cl)cc21. The zero-order chi connectivity index (χ0) is 21.3. The summed E-state index contributed by atoms with van der Waals surface area (Å²) in [6.45, 7) is 2.16. The number of halogens is 2. The number of thiocarbonyl (C=S) groups is 1. The fraction of sp³-hybridized carbons (Fsp3) is 0.118. The molecule has 0 fully saturated rings. The van der Waals surface area contributed by atoms with Crippen molar-refractivity contribution in [2.45, 2.75) is 18.4 Å². The summed E-state index contributed by atoms with van der Waals surface area (Å²) >= 11 is 10.9. The molecule has 0 atom stereocenters. The minimum Gasteiger partial charge on any atom is -0.493 e. The van der Waals surface area contributed by atoms with Crippen LogP contribution in [0.2, 0.25) is 5.02 Å². The highest BCUT2D eigenvalue weighted by Gasteiger charge is 2.19. The number of nitrogens with zero attached hydrogens (tertiary/aromatic N) is 3. The van der Waals surface area contributed by atoms with Crippen molar-refractivity contribution in [2.24, 2.45) is 15.4 Å². The number of azo groups is 1. The Morgan fingerprint density at radius 1 is 1.38 bits per heavy atom. The standard InChI is InChI=1S/C17H15ClFN5O3S2/c1-2-24-13-8-10(18)11(19)7-9(13)15(16(24)25)22-23-17(28)21-12-5-3-4-6-14(12)29(20,26)27/h3-8,25H,2H2,1H3,(H,21,28)(H2,20,26,27). The van der Waals surface area contributed by atoms with Crippen molar-refractivity contribution in [3.8, 4) is 5.88 Å². The number of aromatic hydroxyl groups is 1. The van der Waals surface area contributed by atoms with Gasteiger partial charge in [0.05, 0.1) is 16.2 Å². The van der Waals surface area contributed by atoms with Gasteiger partial charge >= 0.3 is 0 Å². The maximum atomic E-state index is 13.9. The van der Waals surface area contributed by atoms with Gasteiger partial charge in [-0.05, 0) is 43.4 Å². The molecule has 152 valence electrons. The third kappa shape index (κ3) is 4.22. The number of nitrogens with two attached hydrogens (primary N) is 1. The Morgan fingerprint density at radius 3 is 2.72 bits per heavy atom. The van der Waals surface area contributed by atoms with E-state index in [1.165, 1.54) is 28.8 Å². The van der Waals surface area contributed by atoms with Crippen LogP contribution >= 0.6 is 23.8 Å². The highest BCUT2D eigenvalue weighted by molar-refractivity contribution is 7.89. The fourth-order valence-electron chi connectivity index (χ4n) is 2.78. The lowest BCUT2D eigenvalue weighted by molar-refractivity contribution is 0.427. The van der Waals surface area contributed by atoms with E-state index < -0.39 is 15.8 Å². The van der Waals surface area contributed by atoms with E-state index in [1.807, 2.05) is 0 Å². The van der Waals surface area contributed by atoms with E-state index in [9.17, 15) is 17.9 Å². The molecule has 0 bridgehead atoms. The quantitative estimate of drug-likeness (QED) is 0.400. The molecule has 0 unspecified atom stereocenters. The van der Waals surface area contributed by atoms with Crippen LogP contribution in [0.25, 0.3) is 10.9 Å². The van der Waals surface area contributed by atoms with Crippen molar-refractivity contribution in [1.82, 2.24) is 4.57 Å². The molecule has 8 nitrogen and oxygen atoms in total. The van der Waals surface area contributed by atoms with Crippen LogP contribution in [-0.4, -0.2) is 23.2 Å². The lowest BCUT2D eigenvalue weighted by atomic mass is 10.2. The molecule has 0 saturated carbocycles. The first kappa shape index (κ1) is 21.1. The summed E-state index contributed by atoms with van der Waals surface area (Å²) in [6.07, 6.45) is 0. The Bertz CT molecular complexity index is 1260. The van der Waals surface area contributed by atoms with Gasteiger partial charge in [-0.15, -0.1) is 10.2 Å². The highest BCUT2D eigenvalue weighted by Crippen LogP contribution is 2.40. The first-order valence-corrected chi connectivity index (χ1v) is 10.5. The second-order valence-electron chi connectivity index (χ2n) is 5.87. The Kier molecular flexibility index (Phi) is 5.85. The van der Waals surface area contributed by atoms with Crippen molar-refractivity contribution >= 4 is 61.2 Å². The van der Waals surface area contributed by atoms with Crippen molar-refractivity contribution < 1.29 is 17.9 Å². The Labute approximate surface area is 175 Å². The van der Waals surface area contributed by atoms with Crippen molar-refractivity contribution in [1.29, 1.82) is 0 Å². The minimum absolute atomic E-state index is 0.00120. The number of rotatable bonds is 4. The summed E-state index contributed by atoms with van der Waals surface area (Å²) in [5.74, 6) is -0.910. The van der Waals surface area contributed by atoms with Gasteiger partial charge in [0, 0.05) is 11.9 Å². The zero-order valence-electron chi connectivity index (χ0n) is 14.9. The average molecular weight is 456 g/mol. The molecule has 3 rings (SSSR count). The second kappa shape index (κ2) is 8.03. The Morgan fingerprint density at radius 2 is 2.07 bits per heavy atom. The molecule has 1 heterocycles. The van der Waals surface area contributed by atoms with E-state index in [1.54, 1.807) is 13.0 Å². The van der Waals surface area contributed by atoms with Gasteiger partial charge in [-0.2, -0.15) is 0 Å². The number of para-hydroxylation sites is 1. The number of aryl methyl sites for hydroxylation is 1. The molecule has 0 saturated heterocycles. The Balaban J connectivity index is 1.97. The van der Waals surface area contributed by atoms with Crippen LogP contribution in [0.3, 0.4) is 0 Å². The van der Waals surface area contributed by atoms with Crippen LogP contribution in [0.5, 0.6) is 5.88 Å². The van der Waals surface area contributed by atoms with Crippen LogP contribution in [0.1, 0.15) is 6.92 Å². The molecule has 0 spiro atoms. The molecule has 0 aliphatic carbocycles. The molecule has 12 heteroatoms. The van der Waals surface area contributed by atoms with E-state index in [0.29, 0.717) is 17.4 Å². The summed E-state index contributed by atoms with van der Waals surface area (Å²) < 4.78 is 38.7. The van der Waals surface area contributed by atoms with Crippen molar-refractivity contribution in [3.05, 3.63) is 47.2 Å². The number of sulfonamides is 1. The van der Waals surface area contributed by atoms with Gasteiger partial charge in [0.15, 0.2) is 5.69 Å². The third-order valence-corrected chi connectivity index (χ3v) is 5.49. The van der Waals surface area contributed by atoms with E-state index in [2.05, 4.69) is 15.5 Å². The first-order chi connectivity index (χ1) is 13.6. The fourth-order valence-corrected chi connectivity index (χ4v) is 3.79. The zero-order valence-corrected chi connectivity index (χ0v) is 17.3. The van der Waals surface area contributed by atoms with Crippen LogP contribution in [-0.2, 0) is 16.6 Å². The van der Waals surface area contributed by atoms with Gasteiger partial charge in [-0.3, -0.25) is 0 Å². The maximum absolute atomic E-state index is 13.9. The van der Waals surface area contributed by atoms with Gasteiger partial charge in [0.25, 0.3) is 0 Å². The number of hydrogen-bond acceptors (Lipinski definition) is 5. The van der Waals surface area contributed by atoms with Gasteiger partial charge in [0.2, 0.25) is 21.0 Å². The number of anilines is 1. The van der Waals surface area contributed by atoms with Gasteiger partial charge in [0.1, 0.15) is 10.7 Å². The van der Waals surface area contributed by atoms with Crippen LogP contribution in [0, 0.1) is 5.82 Å². The largest absolute Gasteiger partial charge is 0.493 e. The van der Waals surface area contributed by atoms with Crippen LogP contribution < -0.4 is 10.5 Å². The Hall–Kier alpha value is -2.60. The predicted molar refractivity (Wildman–Crippen MR) is 113 cm³/mol. The smallest absolute Gasteiger partial charge is 0.240 e. The second-order valence-corrected chi connectivity index (χ2v) is 8.20. The predicted octanol–water partition coefficient (Wildman–Crippen LogP) is 4.29. The molecular formula is C17H15ClFN5O3S2. The lowest BCUT2D eigenvalue weighted by Crippen LogP contribution is -2.16. The molecule has 29 heavy (non-hydrogen) atoms. The summed E-state index contributed by atoms with van der Waals surface area (Å²) in [6, 6.07) is 8.39. The number of aromatic nitrogens is 1. The molecule has 0 aliphatic rings. The third-order valence-electron chi connectivity index (χ3n) is 4.04. The summed E-state index contributed by atoms with van der Waals surface area (Å²) in [5.41, 5.74) is 0.599.